The Labute approximate surface area is 111 Å². The van der Waals surface area contributed by atoms with E-state index in [2.05, 4.69) is 5.16 Å². The summed E-state index contributed by atoms with van der Waals surface area (Å²) in [5.41, 5.74) is 1.68. The predicted octanol–water partition coefficient (Wildman–Crippen LogP) is 1.38. The normalized spacial score (nSPS) is 19.4. The number of aryl methyl sites for hydroxylation is 2. The van der Waals surface area contributed by atoms with Crippen molar-refractivity contribution >= 4 is 11.9 Å². The monoisotopic (exact) mass is 266 g/mol. The van der Waals surface area contributed by atoms with E-state index in [0.717, 1.165) is 24.1 Å². The molecule has 0 saturated carbocycles. The van der Waals surface area contributed by atoms with E-state index in [1.54, 1.807) is 0 Å². The molecule has 2 rings (SSSR count). The molecule has 1 fully saturated rings. The lowest BCUT2D eigenvalue weighted by Gasteiger charge is -2.33. The number of amides is 1. The minimum absolute atomic E-state index is 0.104. The molecule has 1 aliphatic rings. The molecule has 104 valence electrons. The number of aromatic nitrogens is 1. The average Bonchev–Trinajstić information content (AvgIpc) is 2.81. The first-order valence-electron chi connectivity index (χ1n) is 6.51. The van der Waals surface area contributed by atoms with Crippen LogP contribution in [0.15, 0.2) is 10.8 Å². The lowest BCUT2D eigenvalue weighted by Crippen LogP contribution is -2.48. The molecule has 0 bridgehead atoms. The van der Waals surface area contributed by atoms with Crippen molar-refractivity contribution in [1.82, 2.24) is 10.1 Å². The number of hydrogen-bond donors (Lipinski definition) is 1. The van der Waals surface area contributed by atoms with Gasteiger partial charge in [0.05, 0.1) is 5.69 Å². The Kier molecular flexibility index (Phi) is 4.19. The van der Waals surface area contributed by atoms with E-state index in [-0.39, 0.29) is 5.91 Å². The molecule has 2 heterocycles. The molecule has 1 aliphatic heterocycles. The average molecular weight is 266 g/mol. The summed E-state index contributed by atoms with van der Waals surface area (Å²) in [6, 6.07) is -0.662. The highest BCUT2D eigenvalue weighted by atomic mass is 16.5. The van der Waals surface area contributed by atoms with Crippen molar-refractivity contribution in [3.05, 3.63) is 17.5 Å². The standard InChI is InChI=1S/C13H18N2O4/c1-9-10(8-19-14-9)5-6-12(16)15-7-3-2-4-11(15)13(17)18/h8,11H,2-7H2,1H3,(H,17,18). The fourth-order valence-electron chi connectivity index (χ4n) is 2.42. The van der Waals surface area contributed by atoms with Gasteiger partial charge in [0.2, 0.25) is 5.91 Å². The third-order valence-corrected chi connectivity index (χ3v) is 3.57. The molecule has 1 amide bonds. The number of nitrogens with zero attached hydrogens (tertiary/aromatic N) is 2. The number of aliphatic carboxylic acids is 1. The lowest BCUT2D eigenvalue weighted by atomic mass is 10.0. The second-order valence-corrected chi connectivity index (χ2v) is 4.86. The number of rotatable bonds is 4. The third-order valence-electron chi connectivity index (χ3n) is 3.57. The maximum atomic E-state index is 12.1. The summed E-state index contributed by atoms with van der Waals surface area (Å²) in [5.74, 6) is -1.01. The van der Waals surface area contributed by atoms with Gasteiger partial charge < -0.3 is 14.5 Å². The Morgan fingerprint density at radius 3 is 2.95 bits per heavy atom. The van der Waals surface area contributed by atoms with Crippen LogP contribution in [-0.2, 0) is 16.0 Å². The van der Waals surface area contributed by atoms with E-state index >= 15 is 0 Å². The summed E-state index contributed by atoms with van der Waals surface area (Å²) < 4.78 is 4.81. The van der Waals surface area contributed by atoms with E-state index < -0.39 is 12.0 Å². The van der Waals surface area contributed by atoms with Gasteiger partial charge in [-0.3, -0.25) is 4.79 Å². The van der Waals surface area contributed by atoms with Crippen LogP contribution in [0.3, 0.4) is 0 Å². The van der Waals surface area contributed by atoms with Gasteiger partial charge in [-0.1, -0.05) is 5.16 Å². The van der Waals surface area contributed by atoms with E-state index in [1.165, 1.54) is 11.2 Å². The van der Waals surface area contributed by atoms with Crippen molar-refractivity contribution in [2.75, 3.05) is 6.54 Å². The zero-order valence-electron chi connectivity index (χ0n) is 11.0. The summed E-state index contributed by atoms with van der Waals surface area (Å²) >= 11 is 0. The number of hydrogen-bond acceptors (Lipinski definition) is 4. The van der Waals surface area contributed by atoms with E-state index in [9.17, 15) is 9.59 Å². The Bertz CT molecular complexity index is 469. The van der Waals surface area contributed by atoms with Crippen LogP contribution in [0.4, 0.5) is 0 Å². The molecule has 19 heavy (non-hydrogen) atoms. The molecular formula is C13H18N2O4. The van der Waals surface area contributed by atoms with Crippen LogP contribution in [0.2, 0.25) is 0 Å². The van der Waals surface area contributed by atoms with E-state index in [4.69, 9.17) is 9.63 Å². The fourth-order valence-corrected chi connectivity index (χ4v) is 2.42. The SMILES string of the molecule is Cc1nocc1CCC(=O)N1CCCCC1C(=O)O. The molecule has 0 radical (unpaired) electrons. The van der Waals surface area contributed by atoms with Gasteiger partial charge in [0.15, 0.2) is 0 Å². The molecule has 1 aromatic heterocycles. The van der Waals surface area contributed by atoms with Gasteiger partial charge in [-0.05, 0) is 32.6 Å². The van der Waals surface area contributed by atoms with Crippen LogP contribution in [-0.4, -0.2) is 39.6 Å². The molecular weight excluding hydrogens is 248 g/mol. The molecule has 6 heteroatoms. The second-order valence-electron chi connectivity index (χ2n) is 4.86. The molecule has 1 N–H and O–H groups in total. The van der Waals surface area contributed by atoms with Gasteiger partial charge in [-0.2, -0.15) is 0 Å². The predicted molar refractivity (Wildman–Crippen MR) is 66.5 cm³/mol. The van der Waals surface area contributed by atoms with Gasteiger partial charge >= 0.3 is 5.97 Å². The first kappa shape index (κ1) is 13.6. The minimum Gasteiger partial charge on any atom is -0.480 e. The van der Waals surface area contributed by atoms with Crippen molar-refractivity contribution in [3.63, 3.8) is 0 Å². The summed E-state index contributed by atoms with van der Waals surface area (Å²) in [5, 5.41) is 12.9. The number of carboxylic acid groups (broad SMARTS) is 1. The van der Waals surface area contributed by atoms with Crippen molar-refractivity contribution in [3.8, 4) is 0 Å². The van der Waals surface area contributed by atoms with Gasteiger partial charge in [0.1, 0.15) is 12.3 Å². The number of piperidine rings is 1. The smallest absolute Gasteiger partial charge is 0.326 e. The molecule has 0 aromatic carbocycles. The number of carboxylic acids is 1. The lowest BCUT2D eigenvalue weighted by molar-refractivity contribution is -0.152. The van der Waals surface area contributed by atoms with Crippen molar-refractivity contribution in [2.45, 2.75) is 45.1 Å². The van der Waals surface area contributed by atoms with Crippen LogP contribution in [0, 0.1) is 6.92 Å². The highest BCUT2D eigenvalue weighted by molar-refractivity contribution is 5.84. The highest BCUT2D eigenvalue weighted by Gasteiger charge is 2.31. The quantitative estimate of drug-likeness (QED) is 0.890. The molecule has 0 aliphatic carbocycles. The van der Waals surface area contributed by atoms with Gasteiger partial charge in [-0.15, -0.1) is 0 Å². The van der Waals surface area contributed by atoms with Crippen LogP contribution in [0.25, 0.3) is 0 Å². The third kappa shape index (κ3) is 3.13. The maximum Gasteiger partial charge on any atom is 0.326 e. The highest BCUT2D eigenvalue weighted by Crippen LogP contribution is 2.19. The summed E-state index contributed by atoms with van der Waals surface area (Å²) in [6.45, 7) is 2.36. The van der Waals surface area contributed by atoms with Crippen molar-refractivity contribution < 1.29 is 19.2 Å². The van der Waals surface area contributed by atoms with E-state index in [1.807, 2.05) is 6.92 Å². The molecule has 1 aromatic rings. The zero-order chi connectivity index (χ0) is 13.8. The minimum atomic E-state index is -0.908. The fraction of sp³-hybridized carbons (Fsp3) is 0.615. The van der Waals surface area contributed by atoms with Crippen LogP contribution in [0.1, 0.15) is 36.9 Å². The van der Waals surface area contributed by atoms with E-state index in [0.29, 0.717) is 25.8 Å². The summed E-state index contributed by atoms with van der Waals surface area (Å²) in [4.78, 5) is 24.8. The largest absolute Gasteiger partial charge is 0.480 e. The zero-order valence-corrected chi connectivity index (χ0v) is 11.0. The van der Waals surface area contributed by atoms with Gasteiger partial charge in [-0.25, -0.2) is 4.79 Å². The van der Waals surface area contributed by atoms with Gasteiger partial charge in [0.25, 0.3) is 0 Å². The first-order valence-corrected chi connectivity index (χ1v) is 6.51. The molecule has 1 unspecified atom stereocenters. The number of carbonyl (C=O) groups excluding carboxylic acids is 1. The van der Waals surface area contributed by atoms with Crippen LogP contribution < -0.4 is 0 Å². The van der Waals surface area contributed by atoms with Crippen LogP contribution >= 0.6 is 0 Å². The Balaban J connectivity index is 1.94. The first-order chi connectivity index (χ1) is 9.09. The molecule has 1 saturated heterocycles. The van der Waals surface area contributed by atoms with Crippen LogP contribution in [0.5, 0.6) is 0 Å². The number of likely N-dealkylation sites (tertiary alicyclic amines) is 1. The number of carbonyl (C=O) groups is 2. The summed E-state index contributed by atoms with van der Waals surface area (Å²) in [6.07, 6.45) is 4.66. The van der Waals surface area contributed by atoms with Gasteiger partial charge in [0, 0.05) is 18.5 Å². The second kappa shape index (κ2) is 5.86. The summed E-state index contributed by atoms with van der Waals surface area (Å²) in [7, 11) is 0. The van der Waals surface area contributed by atoms with Crippen molar-refractivity contribution in [2.24, 2.45) is 0 Å². The van der Waals surface area contributed by atoms with Crippen molar-refractivity contribution in [1.29, 1.82) is 0 Å². The maximum absolute atomic E-state index is 12.1. The topological polar surface area (TPSA) is 83.6 Å². The molecule has 1 atom stereocenters. The Hall–Kier alpha value is -1.85. The Morgan fingerprint density at radius 2 is 2.32 bits per heavy atom. The molecule has 0 spiro atoms. The Morgan fingerprint density at radius 1 is 1.53 bits per heavy atom. The molecule has 6 nitrogen and oxygen atoms in total.